The van der Waals surface area contributed by atoms with E-state index in [-0.39, 0.29) is 24.4 Å². The van der Waals surface area contributed by atoms with Crippen molar-refractivity contribution in [3.63, 3.8) is 0 Å². The van der Waals surface area contributed by atoms with Gasteiger partial charge in [-0.05, 0) is 5.56 Å². The minimum Gasteiger partial charge on any atom is -0.356 e. The van der Waals surface area contributed by atoms with Crippen LogP contribution in [0.5, 0.6) is 0 Å². The molecular formula is C15H19F3N2O2. The molecule has 0 bridgehead atoms. The summed E-state index contributed by atoms with van der Waals surface area (Å²) in [5.74, 6) is -2.77. The second-order valence-electron chi connectivity index (χ2n) is 5.10. The van der Waals surface area contributed by atoms with Crippen molar-refractivity contribution < 1.29 is 22.8 Å². The highest BCUT2D eigenvalue weighted by atomic mass is 19.4. The molecule has 1 aromatic carbocycles. The third kappa shape index (κ3) is 5.75. The van der Waals surface area contributed by atoms with Gasteiger partial charge in [0, 0.05) is 33.5 Å². The maximum atomic E-state index is 13.1. The normalized spacial score (nSPS) is 12.6. The Morgan fingerprint density at radius 1 is 1.18 bits per heavy atom. The molecule has 0 saturated heterocycles. The third-order valence-corrected chi connectivity index (χ3v) is 3.15. The van der Waals surface area contributed by atoms with Crippen molar-refractivity contribution in [2.75, 3.05) is 20.6 Å². The van der Waals surface area contributed by atoms with Gasteiger partial charge in [0.2, 0.25) is 11.8 Å². The minimum atomic E-state index is -4.50. The van der Waals surface area contributed by atoms with E-state index in [4.69, 9.17) is 0 Å². The van der Waals surface area contributed by atoms with Gasteiger partial charge in [-0.1, -0.05) is 30.3 Å². The highest BCUT2D eigenvalue weighted by Crippen LogP contribution is 2.37. The fourth-order valence-electron chi connectivity index (χ4n) is 1.90. The lowest BCUT2D eigenvalue weighted by Gasteiger charge is -2.20. The zero-order chi connectivity index (χ0) is 16.8. The van der Waals surface area contributed by atoms with Crippen LogP contribution in [0.25, 0.3) is 0 Å². The zero-order valence-electron chi connectivity index (χ0n) is 12.5. The van der Waals surface area contributed by atoms with Crippen molar-refractivity contribution in [3.8, 4) is 0 Å². The van der Waals surface area contributed by atoms with Crippen molar-refractivity contribution in [2.24, 2.45) is 0 Å². The Kier molecular flexibility index (Phi) is 6.39. The molecule has 0 unspecified atom stereocenters. The summed E-state index contributed by atoms with van der Waals surface area (Å²) < 4.78 is 39.2. The van der Waals surface area contributed by atoms with Gasteiger partial charge in [-0.3, -0.25) is 9.59 Å². The molecule has 1 N–H and O–H groups in total. The predicted molar refractivity (Wildman–Crippen MR) is 76.2 cm³/mol. The van der Waals surface area contributed by atoms with Crippen LogP contribution in [0.2, 0.25) is 0 Å². The van der Waals surface area contributed by atoms with Crippen LogP contribution < -0.4 is 5.32 Å². The number of halogens is 3. The van der Waals surface area contributed by atoms with Crippen molar-refractivity contribution in [1.29, 1.82) is 0 Å². The minimum absolute atomic E-state index is 0.0230. The van der Waals surface area contributed by atoms with Gasteiger partial charge in [-0.15, -0.1) is 0 Å². The summed E-state index contributed by atoms with van der Waals surface area (Å²) in [6, 6.07) is 7.31. The van der Waals surface area contributed by atoms with E-state index in [0.717, 1.165) is 0 Å². The Balaban J connectivity index is 2.60. The SMILES string of the molecule is CN(C)C(=O)CCNC(=O)C[C@H](c1ccccc1)C(F)(F)F. The molecule has 2 amide bonds. The van der Waals surface area contributed by atoms with E-state index < -0.39 is 24.4 Å². The number of hydrogen-bond donors (Lipinski definition) is 1. The molecule has 0 heterocycles. The van der Waals surface area contributed by atoms with E-state index in [1.807, 2.05) is 0 Å². The lowest BCUT2D eigenvalue weighted by molar-refractivity contribution is -0.157. The molecule has 1 rings (SSSR count). The van der Waals surface area contributed by atoms with Gasteiger partial charge in [0.05, 0.1) is 5.92 Å². The Morgan fingerprint density at radius 3 is 2.27 bits per heavy atom. The van der Waals surface area contributed by atoms with Gasteiger partial charge in [0.25, 0.3) is 0 Å². The average Bonchev–Trinajstić information content (AvgIpc) is 2.44. The summed E-state index contributed by atoms with van der Waals surface area (Å²) in [6.45, 7) is 0.0230. The number of amides is 2. The fourth-order valence-corrected chi connectivity index (χ4v) is 1.90. The summed E-state index contributed by atoms with van der Waals surface area (Å²) in [4.78, 5) is 24.4. The first-order valence-electron chi connectivity index (χ1n) is 6.80. The van der Waals surface area contributed by atoms with E-state index in [1.165, 1.54) is 29.2 Å². The molecule has 0 aliphatic heterocycles. The average molecular weight is 316 g/mol. The number of nitrogens with one attached hydrogen (secondary N) is 1. The Hall–Kier alpha value is -2.05. The number of hydrogen-bond acceptors (Lipinski definition) is 2. The van der Waals surface area contributed by atoms with Crippen molar-refractivity contribution >= 4 is 11.8 Å². The maximum absolute atomic E-state index is 13.1. The number of rotatable bonds is 6. The van der Waals surface area contributed by atoms with E-state index in [0.29, 0.717) is 0 Å². The Bertz CT molecular complexity index is 501. The molecule has 0 aliphatic carbocycles. The Labute approximate surface area is 127 Å². The van der Waals surface area contributed by atoms with Crippen LogP contribution in [0, 0.1) is 0 Å². The number of carbonyl (C=O) groups is 2. The molecule has 122 valence electrons. The summed E-state index contributed by atoms with van der Waals surface area (Å²) in [6.07, 6.45) is -5.14. The van der Waals surface area contributed by atoms with Crippen LogP contribution in [-0.4, -0.2) is 43.5 Å². The maximum Gasteiger partial charge on any atom is 0.396 e. The number of carbonyl (C=O) groups excluding carboxylic acids is 2. The molecule has 7 heteroatoms. The third-order valence-electron chi connectivity index (χ3n) is 3.15. The molecule has 4 nitrogen and oxygen atoms in total. The number of benzene rings is 1. The van der Waals surface area contributed by atoms with Crippen molar-refractivity contribution in [1.82, 2.24) is 10.2 Å². The predicted octanol–water partition coefficient (Wildman–Crippen LogP) is 2.32. The monoisotopic (exact) mass is 316 g/mol. The first-order valence-corrected chi connectivity index (χ1v) is 6.80. The van der Waals surface area contributed by atoms with Gasteiger partial charge >= 0.3 is 6.18 Å². The first kappa shape index (κ1) is 18.0. The van der Waals surface area contributed by atoms with Gasteiger partial charge in [0.1, 0.15) is 0 Å². The number of nitrogens with zero attached hydrogens (tertiary/aromatic N) is 1. The second-order valence-corrected chi connectivity index (χ2v) is 5.10. The second kappa shape index (κ2) is 7.82. The van der Waals surface area contributed by atoms with E-state index in [2.05, 4.69) is 5.32 Å². The van der Waals surface area contributed by atoms with Gasteiger partial charge in [-0.25, -0.2) is 0 Å². The van der Waals surface area contributed by atoms with E-state index in [9.17, 15) is 22.8 Å². The largest absolute Gasteiger partial charge is 0.396 e. The molecule has 22 heavy (non-hydrogen) atoms. The molecule has 1 aromatic rings. The molecule has 0 saturated carbocycles. The molecular weight excluding hydrogens is 297 g/mol. The smallest absolute Gasteiger partial charge is 0.356 e. The van der Waals surface area contributed by atoms with Crippen molar-refractivity contribution in [3.05, 3.63) is 35.9 Å². The summed E-state index contributed by atoms with van der Waals surface area (Å²) in [7, 11) is 3.14. The molecule has 0 aliphatic rings. The van der Waals surface area contributed by atoms with Crippen LogP contribution in [0.4, 0.5) is 13.2 Å². The van der Waals surface area contributed by atoms with Gasteiger partial charge < -0.3 is 10.2 Å². The van der Waals surface area contributed by atoms with Crippen LogP contribution in [0.15, 0.2) is 30.3 Å². The Morgan fingerprint density at radius 2 is 1.77 bits per heavy atom. The van der Waals surface area contributed by atoms with Gasteiger partial charge in [0.15, 0.2) is 0 Å². The first-order chi connectivity index (χ1) is 10.2. The highest BCUT2D eigenvalue weighted by Gasteiger charge is 2.41. The quantitative estimate of drug-likeness (QED) is 0.875. The molecule has 0 fully saturated rings. The van der Waals surface area contributed by atoms with Gasteiger partial charge in [-0.2, -0.15) is 13.2 Å². The van der Waals surface area contributed by atoms with Crippen LogP contribution >= 0.6 is 0 Å². The zero-order valence-corrected chi connectivity index (χ0v) is 12.5. The van der Waals surface area contributed by atoms with Crippen LogP contribution in [-0.2, 0) is 9.59 Å². The summed E-state index contributed by atoms with van der Waals surface area (Å²) in [5.41, 5.74) is 0.0505. The summed E-state index contributed by atoms with van der Waals surface area (Å²) >= 11 is 0. The highest BCUT2D eigenvalue weighted by molar-refractivity contribution is 5.79. The topological polar surface area (TPSA) is 49.4 Å². The summed E-state index contributed by atoms with van der Waals surface area (Å²) in [5, 5.41) is 2.35. The molecule has 1 atom stereocenters. The van der Waals surface area contributed by atoms with Crippen molar-refractivity contribution in [2.45, 2.75) is 24.9 Å². The molecule has 0 spiro atoms. The standard InChI is InChI=1S/C15H19F3N2O2/c1-20(2)14(22)8-9-19-13(21)10-12(15(16,17)18)11-6-4-3-5-7-11/h3-7,12H,8-10H2,1-2H3,(H,19,21)/t12-/m1/s1. The van der Waals surface area contributed by atoms with Crippen LogP contribution in [0.3, 0.4) is 0 Å². The number of alkyl halides is 3. The molecule has 0 radical (unpaired) electrons. The lowest BCUT2D eigenvalue weighted by atomic mass is 9.95. The fraction of sp³-hybridized carbons (Fsp3) is 0.467. The van der Waals surface area contributed by atoms with Crippen LogP contribution in [0.1, 0.15) is 24.3 Å². The molecule has 0 aromatic heterocycles. The van der Waals surface area contributed by atoms with E-state index in [1.54, 1.807) is 20.2 Å². The van der Waals surface area contributed by atoms with E-state index >= 15 is 0 Å². The lowest BCUT2D eigenvalue weighted by Crippen LogP contribution is -2.33.